The van der Waals surface area contributed by atoms with Gasteiger partial charge in [0.25, 0.3) is 0 Å². The van der Waals surface area contributed by atoms with Crippen molar-refractivity contribution in [3.05, 3.63) is 66.3 Å². The van der Waals surface area contributed by atoms with E-state index in [0.29, 0.717) is 22.3 Å². The molecule has 2 aromatic rings. The minimum absolute atomic E-state index is 0.497. The van der Waals surface area contributed by atoms with Gasteiger partial charge in [-0.1, -0.05) is 19.3 Å². The Morgan fingerprint density at radius 3 is 2.94 bits per heavy atom. The predicted molar refractivity (Wildman–Crippen MR) is 133 cm³/mol. The van der Waals surface area contributed by atoms with Crippen LogP contribution in [-0.2, 0) is 0 Å². The van der Waals surface area contributed by atoms with Crippen LogP contribution in [0.3, 0.4) is 0 Å². The summed E-state index contributed by atoms with van der Waals surface area (Å²) in [5, 5.41) is 15.4. The van der Waals surface area contributed by atoms with E-state index in [1.54, 1.807) is 49.7 Å². The molecule has 1 aliphatic carbocycles. The van der Waals surface area contributed by atoms with Crippen LogP contribution < -0.4 is 20.1 Å². The molecule has 1 fully saturated rings. The van der Waals surface area contributed by atoms with Gasteiger partial charge in [0, 0.05) is 36.6 Å². The molecule has 8 nitrogen and oxygen atoms in total. The van der Waals surface area contributed by atoms with Crippen LogP contribution in [0.4, 0.5) is 10.5 Å². The van der Waals surface area contributed by atoms with Gasteiger partial charge in [-0.3, -0.25) is 14.6 Å². The van der Waals surface area contributed by atoms with E-state index in [9.17, 15) is 4.79 Å². The normalized spacial score (nSPS) is 17.3. The summed E-state index contributed by atoms with van der Waals surface area (Å²) in [7, 11) is 1.56. The van der Waals surface area contributed by atoms with Crippen LogP contribution in [0.25, 0.3) is 10.9 Å². The van der Waals surface area contributed by atoms with Crippen molar-refractivity contribution < 1.29 is 14.6 Å². The number of methoxy groups -OCH3 is 1. The highest BCUT2D eigenvalue weighted by Gasteiger charge is 2.17. The van der Waals surface area contributed by atoms with Crippen molar-refractivity contribution in [2.75, 3.05) is 19.0 Å². The van der Waals surface area contributed by atoms with Gasteiger partial charge in [0.2, 0.25) is 0 Å². The Kier molecular flexibility index (Phi) is 7.74. The first-order chi connectivity index (χ1) is 16.1. The van der Waals surface area contributed by atoms with E-state index in [4.69, 9.17) is 9.84 Å². The molecule has 1 aromatic heterocycles. The maximum Gasteiger partial charge on any atom is 0.409 e. The van der Waals surface area contributed by atoms with Crippen molar-refractivity contribution in [2.24, 2.45) is 0 Å². The lowest BCUT2D eigenvalue weighted by atomic mass is 9.95. The first-order valence-electron chi connectivity index (χ1n) is 11.1. The summed E-state index contributed by atoms with van der Waals surface area (Å²) in [5.74, 6) is 0.661. The van der Waals surface area contributed by atoms with Gasteiger partial charge in [0.05, 0.1) is 36.1 Å². The molecule has 9 heteroatoms. The number of rotatable bonds is 5. The zero-order valence-electron chi connectivity index (χ0n) is 18.6. The second-order valence-corrected chi connectivity index (χ2v) is 8.84. The van der Waals surface area contributed by atoms with Crippen LogP contribution in [0.1, 0.15) is 32.1 Å². The fourth-order valence-corrected chi connectivity index (χ4v) is 4.66. The Hall–Kier alpha value is -3.17. The SMILES string of the molecule is C1=CN2SNC=C2C=C1CNC1CCCCC1.COc1ccc2nccc(NC(=O)O)c2c1. The third-order valence-corrected chi connectivity index (χ3v) is 6.51. The Morgan fingerprint density at radius 2 is 2.15 bits per heavy atom. The number of aromatic nitrogens is 1. The number of hydrogen-bond donors (Lipinski definition) is 4. The zero-order valence-corrected chi connectivity index (χ0v) is 19.4. The Bertz CT molecular complexity index is 1080. The monoisotopic (exact) mass is 467 g/mol. The van der Waals surface area contributed by atoms with Gasteiger partial charge in [0.1, 0.15) is 5.75 Å². The van der Waals surface area contributed by atoms with E-state index in [1.165, 1.54) is 43.4 Å². The molecule has 0 bridgehead atoms. The Balaban J connectivity index is 0.000000157. The Morgan fingerprint density at radius 1 is 1.30 bits per heavy atom. The van der Waals surface area contributed by atoms with Crippen LogP contribution in [0.15, 0.2) is 66.3 Å². The standard InChI is InChI=1S/C13H19N3S.C11H10N2O3/c1-2-4-12(5-3-1)14-9-11-6-7-16-13(8-11)10-15-17-16;1-16-7-2-3-9-8(6-7)10(4-5-12-9)13-11(14)15/h6-8,10,12,14-15H,1-5,9H2;2-6H,1H3,(H,12,13)(H,14,15). The molecule has 174 valence electrons. The van der Waals surface area contributed by atoms with Crippen LogP contribution in [0.5, 0.6) is 5.75 Å². The number of hydrogen-bond acceptors (Lipinski definition) is 7. The van der Waals surface area contributed by atoms with Gasteiger partial charge in [-0.2, -0.15) is 0 Å². The molecule has 0 spiro atoms. The number of ether oxygens (including phenoxy) is 1. The van der Waals surface area contributed by atoms with Crippen molar-refractivity contribution >= 4 is 34.8 Å². The van der Waals surface area contributed by atoms with Crippen LogP contribution >= 0.6 is 12.1 Å². The molecule has 2 aliphatic heterocycles. The van der Waals surface area contributed by atoms with Gasteiger partial charge < -0.3 is 19.9 Å². The predicted octanol–water partition coefficient (Wildman–Crippen LogP) is 5.01. The van der Waals surface area contributed by atoms with E-state index in [2.05, 4.69) is 49.2 Å². The van der Waals surface area contributed by atoms with Gasteiger partial charge in [-0.05, 0) is 54.8 Å². The number of nitrogens with zero attached hydrogens (tertiary/aromatic N) is 2. The first-order valence-corrected chi connectivity index (χ1v) is 11.9. The maximum atomic E-state index is 10.6. The smallest absolute Gasteiger partial charge is 0.409 e. The quantitative estimate of drug-likeness (QED) is 0.456. The van der Waals surface area contributed by atoms with E-state index in [0.717, 1.165) is 12.6 Å². The highest BCUT2D eigenvalue weighted by molar-refractivity contribution is 7.95. The van der Waals surface area contributed by atoms with Crippen LogP contribution in [0, 0.1) is 0 Å². The molecule has 0 atom stereocenters. The van der Waals surface area contributed by atoms with E-state index in [-0.39, 0.29) is 0 Å². The van der Waals surface area contributed by atoms with Gasteiger partial charge >= 0.3 is 6.09 Å². The molecular formula is C24H29N5O3S. The molecule has 0 saturated heterocycles. The number of fused-ring (bicyclic) bond motifs is 2. The Labute approximate surface area is 198 Å². The lowest BCUT2D eigenvalue weighted by Gasteiger charge is -2.24. The number of carbonyl (C=O) groups is 1. The summed E-state index contributed by atoms with van der Waals surface area (Å²) >= 11 is 1.61. The third kappa shape index (κ3) is 6.21. The molecule has 4 N–H and O–H groups in total. The van der Waals surface area contributed by atoms with E-state index in [1.807, 2.05) is 0 Å². The number of anilines is 1. The van der Waals surface area contributed by atoms with E-state index < -0.39 is 6.09 Å². The summed E-state index contributed by atoms with van der Waals surface area (Å²) in [6, 6.07) is 7.64. The number of benzene rings is 1. The van der Waals surface area contributed by atoms with Crippen molar-refractivity contribution in [2.45, 2.75) is 38.1 Å². The third-order valence-electron chi connectivity index (χ3n) is 5.76. The van der Waals surface area contributed by atoms with E-state index >= 15 is 0 Å². The van der Waals surface area contributed by atoms with Gasteiger partial charge in [0.15, 0.2) is 0 Å². The fraction of sp³-hybridized carbons (Fsp3) is 0.333. The molecular weight excluding hydrogens is 438 g/mol. The molecule has 1 saturated carbocycles. The largest absolute Gasteiger partial charge is 0.497 e. The lowest BCUT2D eigenvalue weighted by Crippen LogP contribution is -2.32. The highest BCUT2D eigenvalue weighted by Crippen LogP contribution is 2.28. The molecule has 3 heterocycles. The molecule has 1 aromatic carbocycles. The summed E-state index contributed by atoms with van der Waals surface area (Å²) in [4.78, 5) is 14.7. The zero-order chi connectivity index (χ0) is 23.0. The lowest BCUT2D eigenvalue weighted by molar-refractivity contribution is 0.210. The molecule has 33 heavy (non-hydrogen) atoms. The summed E-state index contributed by atoms with van der Waals surface area (Å²) in [6.45, 7) is 0.997. The number of allylic oxidation sites excluding steroid dienone is 1. The topological polar surface area (TPSA) is 98.8 Å². The van der Waals surface area contributed by atoms with Crippen molar-refractivity contribution in [1.29, 1.82) is 0 Å². The minimum Gasteiger partial charge on any atom is -0.497 e. The molecule has 5 rings (SSSR count). The molecule has 0 radical (unpaired) electrons. The molecule has 1 amide bonds. The maximum absolute atomic E-state index is 10.6. The second-order valence-electron chi connectivity index (χ2n) is 8.03. The van der Waals surface area contributed by atoms with Crippen molar-refractivity contribution in [3.8, 4) is 5.75 Å². The fourth-order valence-electron chi connectivity index (χ4n) is 4.04. The average Bonchev–Trinajstić information content (AvgIpc) is 3.31. The number of pyridine rings is 1. The molecule has 3 aliphatic rings. The molecule has 0 unspecified atom stereocenters. The first kappa shape index (κ1) is 23.0. The van der Waals surface area contributed by atoms with Crippen molar-refractivity contribution in [1.82, 2.24) is 19.3 Å². The number of carboxylic acid groups (broad SMARTS) is 1. The summed E-state index contributed by atoms with van der Waals surface area (Å²) in [5.41, 5.74) is 3.84. The number of amides is 1. The van der Waals surface area contributed by atoms with Gasteiger partial charge in [-0.25, -0.2) is 4.79 Å². The van der Waals surface area contributed by atoms with Crippen molar-refractivity contribution in [3.63, 3.8) is 0 Å². The van der Waals surface area contributed by atoms with Crippen LogP contribution in [-0.4, -0.2) is 40.2 Å². The highest BCUT2D eigenvalue weighted by atomic mass is 32.2. The summed E-state index contributed by atoms with van der Waals surface area (Å²) < 4.78 is 10.4. The average molecular weight is 468 g/mol. The second kappa shape index (κ2) is 11.1. The minimum atomic E-state index is -1.10. The summed E-state index contributed by atoms with van der Waals surface area (Å²) in [6.07, 6.45) is 16.0. The van der Waals surface area contributed by atoms with Gasteiger partial charge in [-0.15, -0.1) is 0 Å². The number of nitrogens with one attached hydrogen (secondary N) is 3. The van der Waals surface area contributed by atoms with Crippen LogP contribution in [0.2, 0.25) is 0 Å².